The fourth-order valence-corrected chi connectivity index (χ4v) is 3.32. The molecule has 0 aromatic heterocycles. The number of nitrogens with zero attached hydrogens (tertiary/aromatic N) is 1. The molecule has 0 saturated carbocycles. The number of thioether (sulfide) groups is 1. The van der Waals surface area contributed by atoms with E-state index in [2.05, 4.69) is 10.6 Å². The molecular formula is C18H19N3O2S. The molecule has 2 N–H and O–H groups in total. The normalized spacial score (nSPS) is 13.7. The second-order valence-corrected chi connectivity index (χ2v) is 6.56. The second kappa shape index (κ2) is 7.88. The SMILES string of the molecule is O=C(CCSc1ccccc1)Nc1ccc(N2CCNC2=O)cc1. The van der Waals surface area contributed by atoms with Gasteiger partial charge in [-0.05, 0) is 36.4 Å². The molecule has 1 aliphatic heterocycles. The minimum Gasteiger partial charge on any atom is -0.336 e. The minimum absolute atomic E-state index is 0.00917. The van der Waals surface area contributed by atoms with Crippen molar-refractivity contribution in [1.82, 2.24) is 5.32 Å². The van der Waals surface area contributed by atoms with Crippen LogP contribution in [0.1, 0.15) is 6.42 Å². The van der Waals surface area contributed by atoms with Gasteiger partial charge in [-0.3, -0.25) is 9.69 Å². The van der Waals surface area contributed by atoms with Crippen molar-refractivity contribution in [3.05, 3.63) is 54.6 Å². The van der Waals surface area contributed by atoms with Gasteiger partial charge in [0.1, 0.15) is 0 Å². The van der Waals surface area contributed by atoms with Gasteiger partial charge in [0.2, 0.25) is 5.91 Å². The van der Waals surface area contributed by atoms with Crippen molar-refractivity contribution in [1.29, 1.82) is 0 Å². The van der Waals surface area contributed by atoms with Gasteiger partial charge < -0.3 is 10.6 Å². The third kappa shape index (κ3) is 4.29. The molecule has 0 atom stereocenters. The van der Waals surface area contributed by atoms with Gasteiger partial charge in [0.05, 0.1) is 0 Å². The number of urea groups is 1. The maximum absolute atomic E-state index is 12.0. The lowest BCUT2D eigenvalue weighted by Crippen LogP contribution is -2.27. The summed E-state index contributed by atoms with van der Waals surface area (Å²) in [5.74, 6) is 0.729. The Kier molecular flexibility index (Phi) is 5.38. The van der Waals surface area contributed by atoms with E-state index in [1.54, 1.807) is 16.7 Å². The van der Waals surface area contributed by atoms with Gasteiger partial charge in [-0.25, -0.2) is 4.79 Å². The third-order valence-electron chi connectivity index (χ3n) is 3.66. The molecule has 0 aliphatic carbocycles. The fourth-order valence-electron chi connectivity index (χ4n) is 2.44. The molecule has 5 nitrogen and oxygen atoms in total. The van der Waals surface area contributed by atoms with Crippen LogP contribution in [0.15, 0.2) is 59.5 Å². The summed E-state index contributed by atoms with van der Waals surface area (Å²) in [6, 6.07) is 17.3. The Balaban J connectivity index is 1.47. The van der Waals surface area contributed by atoms with E-state index in [0.717, 1.165) is 17.1 Å². The number of anilines is 2. The molecule has 3 amide bonds. The molecule has 3 rings (SSSR count). The Morgan fingerprint density at radius 2 is 1.88 bits per heavy atom. The molecule has 2 aromatic carbocycles. The number of benzene rings is 2. The van der Waals surface area contributed by atoms with E-state index in [9.17, 15) is 9.59 Å². The zero-order valence-electron chi connectivity index (χ0n) is 13.2. The van der Waals surface area contributed by atoms with E-state index >= 15 is 0 Å². The van der Waals surface area contributed by atoms with E-state index < -0.39 is 0 Å². The molecule has 2 aromatic rings. The van der Waals surface area contributed by atoms with Crippen molar-refractivity contribution in [3.8, 4) is 0 Å². The highest BCUT2D eigenvalue weighted by Crippen LogP contribution is 2.21. The smallest absolute Gasteiger partial charge is 0.321 e. The second-order valence-electron chi connectivity index (χ2n) is 5.39. The quantitative estimate of drug-likeness (QED) is 0.792. The molecule has 1 saturated heterocycles. The molecule has 1 heterocycles. The standard InChI is InChI=1S/C18H19N3O2S/c22-17(10-13-24-16-4-2-1-3-5-16)20-14-6-8-15(9-7-14)21-12-11-19-18(21)23/h1-9H,10-13H2,(H,19,23)(H,20,22). The Morgan fingerprint density at radius 1 is 1.12 bits per heavy atom. The van der Waals surface area contributed by atoms with E-state index in [0.29, 0.717) is 19.5 Å². The Labute approximate surface area is 145 Å². The van der Waals surface area contributed by atoms with E-state index in [4.69, 9.17) is 0 Å². The van der Waals surface area contributed by atoms with Crippen LogP contribution in [0.3, 0.4) is 0 Å². The summed E-state index contributed by atoms with van der Waals surface area (Å²) < 4.78 is 0. The van der Waals surface area contributed by atoms with Crippen molar-refractivity contribution in [2.75, 3.05) is 29.1 Å². The Morgan fingerprint density at radius 3 is 2.54 bits per heavy atom. The van der Waals surface area contributed by atoms with Crippen LogP contribution in [-0.2, 0) is 4.79 Å². The van der Waals surface area contributed by atoms with Crippen LogP contribution in [0.5, 0.6) is 0 Å². The number of carbonyl (C=O) groups excluding carboxylic acids is 2. The predicted molar refractivity (Wildman–Crippen MR) is 97.6 cm³/mol. The number of rotatable bonds is 6. The predicted octanol–water partition coefficient (Wildman–Crippen LogP) is 3.34. The van der Waals surface area contributed by atoms with Crippen LogP contribution >= 0.6 is 11.8 Å². The first-order chi connectivity index (χ1) is 11.7. The molecule has 1 aliphatic rings. The first-order valence-electron chi connectivity index (χ1n) is 7.85. The summed E-state index contributed by atoms with van der Waals surface area (Å²) in [5.41, 5.74) is 1.58. The first-order valence-corrected chi connectivity index (χ1v) is 8.84. The monoisotopic (exact) mass is 341 g/mol. The number of hydrogen-bond donors (Lipinski definition) is 2. The van der Waals surface area contributed by atoms with Gasteiger partial charge in [0.25, 0.3) is 0 Å². The van der Waals surface area contributed by atoms with Crippen molar-refractivity contribution in [2.45, 2.75) is 11.3 Å². The largest absolute Gasteiger partial charge is 0.336 e. The lowest BCUT2D eigenvalue weighted by atomic mass is 10.2. The third-order valence-corrected chi connectivity index (χ3v) is 4.67. The van der Waals surface area contributed by atoms with Gasteiger partial charge in [0.15, 0.2) is 0 Å². The Bertz CT molecular complexity index is 704. The molecule has 6 heteroatoms. The number of nitrogens with one attached hydrogen (secondary N) is 2. The van der Waals surface area contributed by atoms with E-state index in [1.807, 2.05) is 54.6 Å². The summed E-state index contributed by atoms with van der Waals surface area (Å²) in [7, 11) is 0. The average molecular weight is 341 g/mol. The van der Waals surface area contributed by atoms with Crippen LogP contribution in [0, 0.1) is 0 Å². The number of carbonyl (C=O) groups is 2. The minimum atomic E-state index is -0.0790. The molecular weight excluding hydrogens is 322 g/mol. The lowest BCUT2D eigenvalue weighted by Gasteiger charge is -2.14. The summed E-state index contributed by atoms with van der Waals surface area (Å²) >= 11 is 1.67. The fraction of sp³-hybridized carbons (Fsp3) is 0.222. The maximum atomic E-state index is 12.0. The van der Waals surface area contributed by atoms with Crippen molar-refractivity contribution in [3.63, 3.8) is 0 Å². The summed E-state index contributed by atoms with van der Waals surface area (Å²) in [6.07, 6.45) is 0.454. The molecule has 0 radical (unpaired) electrons. The zero-order chi connectivity index (χ0) is 16.8. The summed E-state index contributed by atoms with van der Waals surface area (Å²) in [4.78, 5) is 26.5. The van der Waals surface area contributed by atoms with Crippen LogP contribution < -0.4 is 15.5 Å². The summed E-state index contributed by atoms with van der Waals surface area (Å²) in [5, 5.41) is 5.65. The molecule has 1 fully saturated rings. The van der Waals surface area contributed by atoms with Gasteiger partial charge >= 0.3 is 6.03 Å². The molecule has 0 bridgehead atoms. The van der Waals surface area contributed by atoms with Gasteiger partial charge in [-0.15, -0.1) is 11.8 Å². The van der Waals surface area contributed by atoms with Crippen LogP contribution in [0.4, 0.5) is 16.2 Å². The number of hydrogen-bond acceptors (Lipinski definition) is 3. The molecule has 0 unspecified atom stereocenters. The Hall–Kier alpha value is -2.47. The van der Waals surface area contributed by atoms with Gasteiger partial charge in [-0.1, -0.05) is 18.2 Å². The van der Waals surface area contributed by atoms with Crippen LogP contribution in [0.25, 0.3) is 0 Å². The van der Waals surface area contributed by atoms with Crippen LogP contribution in [-0.4, -0.2) is 30.8 Å². The highest BCUT2D eigenvalue weighted by molar-refractivity contribution is 7.99. The topological polar surface area (TPSA) is 61.4 Å². The molecule has 0 spiro atoms. The van der Waals surface area contributed by atoms with Crippen molar-refractivity contribution < 1.29 is 9.59 Å². The van der Waals surface area contributed by atoms with Crippen molar-refractivity contribution >= 4 is 35.1 Å². The maximum Gasteiger partial charge on any atom is 0.321 e. The lowest BCUT2D eigenvalue weighted by molar-refractivity contribution is -0.115. The van der Waals surface area contributed by atoms with Crippen LogP contribution in [0.2, 0.25) is 0 Å². The van der Waals surface area contributed by atoms with E-state index in [-0.39, 0.29) is 11.9 Å². The summed E-state index contributed by atoms with van der Waals surface area (Å²) in [6.45, 7) is 1.33. The first kappa shape index (κ1) is 16.4. The molecule has 124 valence electrons. The van der Waals surface area contributed by atoms with Gasteiger partial charge in [0, 0.05) is 41.5 Å². The zero-order valence-corrected chi connectivity index (χ0v) is 14.0. The highest BCUT2D eigenvalue weighted by atomic mass is 32.2. The highest BCUT2D eigenvalue weighted by Gasteiger charge is 2.20. The average Bonchev–Trinajstić information content (AvgIpc) is 3.03. The van der Waals surface area contributed by atoms with Gasteiger partial charge in [-0.2, -0.15) is 0 Å². The number of amides is 3. The van der Waals surface area contributed by atoms with E-state index in [1.165, 1.54) is 4.90 Å². The molecule has 24 heavy (non-hydrogen) atoms. The van der Waals surface area contributed by atoms with Crippen molar-refractivity contribution in [2.24, 2.45) is 0 Å².